The van der Waals surface area contributed by atoms with Crippen molar-refractivity contribution in [1.82, 2.24) is 10.1 Å². The SMILES string of the molecule is CC(C)(C)c1cc(C(=O)Nc2ccc(I)cn2)no1. The first-order valence-electron chi connectivity index (χ1n) is 5.76. The van der Waals surface area contributed by atoms with E-state index in [0.29, 0.717) is 11.6 Å². The van der Waals surface area contributed by atoms with Gasteiger partial charge >= 0.3 is 0 Å². The van der Waals surface area contributed by atoms with Crippen molar-refractivity contribution in [2.45, 2.75) is 26.2 Å². The van der Waals surface area contributed by atoms with E-state index in [1.807, 2.05) is 26.8 Å². The van der Waals surface area contributed by atoms with Crippen LogP contribution in [0, 0.1) is 3.57 Å². The molecule has 1 amide bonds. The Morgan fingerprint density at radius 3 is 2.63 bits per heavy atom. The molecule has 0 unspecified atom stereocenters. The van der Waals surface area contributed by atoms with E-state index in [1.165, 1.54) is 0 Å². The van der Waals surface area contributed by atoms with Gasteiger partial charge in [-0.3, -0.25) is 4.79 Å². The number of halogens is 1. The van der Waals surface area contributed by atoms with Gasteiger partial charge in [-0.1, -0.05) is 25.9 Å². The van der Waals surface area contributed by atoms with Gasteiger partial charge in [-0.05, 0) is 34.7 Å². The van der Waals surface area contributed by atoms with Crippen molar-refractivity contribution >= 4 is 34.3 Å². The van der Waals surface area contributed by atoms with Crippen LogP contribution < -0.4 is 5.32 Å². The summed E-state index contributed by atoms with van der Waals surface area (Å²) in [5.41, 5.74) is 0.0809. The molecule has 6 heteroatoms. The third-order valence-corrected chi connectivity index (χ3v) is 3.09. The number of carbonyl (C=O) groups excluding carboxylic acids is 1. The molecule has 0 aliphatic carbocycles. The van der Waals surface area contributed by atoms with Crippen LogP contribution in [0.2, 0.25) is 0 Å². The van der Waals surface area contributed by atoms with E-state index in [4.69, 9.17) is 4.52 Å². The van der Waals surface area contributed by atoms with Crippen molar-refractivity contribution in [2.75, 3.05) is 5.32 Å². The molecule has 0 saturated heterocycles. The zero-order valence-electron chi connectivity index (χ0n) is 10.9. The maximum Gasteiger partial charge on any atom is 0.279 e. The van der Waals surface area contributed by atoms with E-state index < -0.39 is 0 Å². The largest absolute Gasteiger partial charge is 0.360 e. The fraction of sp³-hybridized carbons (Fsp3) is 0.308. The lowest BCUT2D eigenvalue weighted by Crippen LogP contribution is -2.13. The summed E-state index contributed by atoms with van der Waals surface area (Å²) in [5.74, 6) is 0.840. The summed E-state index contributed by atoms with van der Waals surface area (Å²) < 4.78 is 6.18. The quantitative estimate of drug-likeness (QED) is 0.824. The molecule has 0 saturated carbocycles. The average Bonchev–Trinajstić information content (AvgIpc) is 2.81. The molecule has 0 fully saturated rings. The number of amides is 1. The summed E-state index contributed by atoms with van der Waals surface area (Å²) in [5, 5.41) is 6.45. The number of anilines is 1. The van der Waals surface area contributed by atoms with Gasteiger partial charge in [0.1, 0.15) is 11.6 Å². The summed E-state index contributed by atoms with van der Waals surface area (Å²) in [4.78, 5) is 16.1. The van der Waals surface area contributed by atoms with Crippen LogP contribution in [0.4, 0.5) is 5.82 Å². The first-order valence-corrected chi connectivity index (χ1v) is 6.84. The van der Waals surface area contributed by atoms with Crippen LogP contribution in [-0.2, 0) is 5.41 Å². The van der Waals surface area contributed by atoms with Crippen molar-refractivity contribution in [3.8, 4) is 0 Å². The summed E-state index contributed by atoms with van der Waals surface area (Å²) in [6.45, 7) is 5.99. The topological polar surface area (TPSA) is 68.0 Å². The lowest BCUT2D eigenvalue weighted by molar-refractivity contribution is 0.101. The highest BCUT2D eigenvalue weighted by molar-refractivity contribution is 14.1. The van der Waals surface area contributed by atoms with Crippen LogP contribution in [-0.4, -0.2) is 16.0 Å². The molecule has 2 aromatic rings. The third-order valence-electron chi connectivity index (χ3n) is 2.45. The fourth-order valence-corrected chi connectivity index (χ4v) is 1.68. The minimum absolute atomic E-state index is 0.174. The summed E-state index contributed by atoms with van der Waals surface area (Å²) in [6.07, 6.45) is 1.68. The number of aromatic nitrogens is 2. The minimum atomic E-state index is -0.326. The van der Waals surface area contributed by atoms with E-state index in [1.54, 1.807) is 18.3 Å². The Hall–Kier alpha value is -1.44. The van der Waals surface area contributed by atoms with E-state index in [0.717, 1.165) is 3.57 Å². The zero-order valence-corrected chi connectivity index (χ0v) is 13.1. The van der Waals surface area contributed by atoms with Crippen LogP contribution in [0.5, 0.6) is 0 Å². The highest BCUT2D eigenvalue weighted by atomic mass is 127. The molecule has 2 heterocycles. The molecule has 0 atom stereocenters. The number of nitrogens with one attached hydrogen (secondary N) is 1. The third kappa shape index (κ3) is 3.52. The smallest absolute Gasteiger partial charge is 0.279 e. The van der Waals surface area contributed by atoms with Gasteiger partial charge in [0.05, 0.1) is 0 Å². The Balaban J connectivity index is 2.12. The molecular formula is C13H14IN3O2. The van der Waals surface area contributed by atoms with Gasteiger partial charge in [0, 0.05) is 21.2 Å². The maximum absolute atomic E-state index is 12.0. The number of nitrogens with zero attached hydrogens (tertiary/aromatic N) is 2. The van der Waals surface area contributed by atoms with Crippen LogP contribution in [0.3, 0.4) is 0 Å². The van der Waals surface area contributed by atoms with Gasteiger partial charge in [0.25, 0.3) is 5.91 Å². The van der Waals surface area contributed by atoms with Gasteiger partial charge in [-0.15, -0.1) is 0 Å². The van der Waals surface area contributed by atoms with Crippen LogP contribution in [0.15, 0.2) is 28.9 Å². The molecule has 2 rings (SSSR count). The Labute approximate surface area is 124 Å². The number of hydrogen-bond donors (Lipinski definition) is 1. The number of hydrogen-bond acceptors (Lipinski definition) is 4. The predicted molar refractivity (Wildman–Crippen MR) is 80.1 cm³/mol. The first kappa shape index (κ1) is 14.0. The molecule has 0 aliphatic rings. The number of carbonyl (C=O) groups is 1. The predicted octanol–water partition coefficient (Wildman–Crippen LogP) is 3.22. The lowest BCUT2D eigenvalue weighted by atomic mass is 9.93. The fourth-order valence-electron chi connectivity index (χ4n) is 1.37. The molecule has 0 aliphatic heterocycles. The lowest BCUT2D eigenvalue weighted by Gasteiger charge is -2.12. The van der Waals surface area contributed by atoms with Crippen LogP contribution in [0.25, 0.3) is 0 Å². The molecular weight excluding hydrogens is 357 g/mol. The number of pyridine rings is 1. The molecule has 5 nitrogen and oxygen atoms in total. The second-order valence-electron chi connectivity index (χ2n) is 5.14. The monoisotopic (exact) mass is 371 g/mol. The normalized spacial score (nSPS) is 11.4. The maximum atomic E-state index is 12.0. The molecule has 0 aromatic carbocycles. The van der Waals surface area contributed by atoms with Crippen molar-refractivity contribution < 1.29 is 9.32 Å². The van der Waals surface area contributed by atoms with Gasteiger partial charge in [0.2, 0.25) is 0 Å². The number of rotatable bonds is 2. The molecule has 19 heavy (non-hydrogen) atoms. The van der Waals surface area contributed by atoms with Gasteiger partial charge in [-0.25, -0.2) is 4.98 Å². The van der Waals surface area contributed by atoms with Crippen LogP contribution in [0.1, 0.15) is 37.0 Å². The second-order valence-corrected chi connectivity index (χ2v) is 6.39. The highest BCUT2D eigenvalue weighted by Gasteiger charge is 2.22. The first-order chi connectivity index (χ1) is 8.86. The molecule has 0 bridgehead atoms. The molecule has 2 aromatic heterocycles. The van der Waals surface area contributed by atoms with Crippen molar-refractivity contribution in [1.29, 1.82) is 0 Å². The summed E-state index contributed by atoms with van der Waals surface area (Å²) >= 11 is 2.15. The Morgan fingerprint density at radius 2 is 2.11 bits per heavy atom. The standard InChI is InChI=1S/C13H14IN3O2/c1-13(2,3)10-6-9(17-19-10)12(18)16-11-5-4-8(14)7-15-11/h4-7H,1-3H3,(H,15,16,18). The molecule has 0 spiro atoms. The van der Waals surface area contributed by atoms with E-state index >= 15 is 0 Å². The minimum Gasteiger partial charge on any atom is -0.360 e. The van der Waals surface area contributed by atoms with E-state index in [2.05, 4.69) is 38.0 Å². The molecule has 100 valence electrons. The Morgan fingerprint density at radius 1 is 1.37 bits per heavy atom. The average molecular weight is 371 g/mol. The van der Waals surface area contributed by atoms with E-state index in [9.17, 15) is 4.79 Å². The van der Waals surface area contributed by atoms with E-state index in [-0.39, 0.29) is 17.0 Å². The highest BCUT2D eigenvalue weighted by Crippen LogP contribution is 2.22. The molecule has 0 radical (unpaired) electrons. The van der Waals surface area contributed by atoms with Gasteiger partial charge in [0.15, 0.2) is 5.69 Å². The van der Waals surface area contributed by atoms with Crippen molar-refractivity contribution in [3.63, 3.8) is 0 Å². The van der Waals surface area contributed by atoms with Crippen molar-refractivity contribution in [3.05, 3.63) is 39.4 Å². The molecule has 1 N–H and O–H groups in total. The Bertz CT molecular complexity index is 585. The van der Waals surface area contributed by atoms with Gasteiger partial charge in [-0.2, -0.15) is 0 Å². The second kappa shape index (κ2) is 5.28. The zero-order chi connectivity index (χ0) is 14.0. The van der Waals surface area contributed by atoms with Crippen LogP contribution >= 0.6 is 22.6 Å². The summed E-state index contributed by atoms with van der Waals surface area (Å²) in [7, 11) is 0. The van der Waals surface area contributed by atoms with Crippen molar-refractivity contribution in [2.24, 2.45) is 0 Å². The Kier molecular flexibility index (Phi) is 3.88. The summed E-state index contributed by atoms with van der Waals surface area (Å²) in [6, 6.07) is 5.26. The van der Waals surface area contributed by atoms with Gasteiger partial charge < -0.3 is 9.84 Å².